The van der Waals surface area contributed by atoms with Crippen molar-refractivity contribution in [3.05, 3.63) is 28.2 Å². The lowest BCUT2D eigenvalue weighted by molar-refractivity contribution is 0.0697. The van der Waals surface area contributed by atoms with E-state index in [1.165, 1.54) is 6.07 Å². The van der Waals surface area contributed by atoms with Crippen LogP contribution in [0.4, 0.5) is 0 Å². The zero-order valence-corrected chi connectivity index (χ0v) is 12.6. The molecule has 1 fully saturated rings. The summed E-state index contributed by atoms with van der Waals surface area (Å²) in [7, 11) is 1.79. The van der Waals surface area contributed by atoms with Gasteiger partial charge < -0.3 is 15.7 Å². The summed E-state index contributed by atoms with van der Waals surface area (Å²) in [5, 5.41) is 9.87. The fourth-order valence-electron chi connectivity index (χ4n) is 2.83. The molecular formula is C14H19BrN2O2. The fourth-order valence-corrected chi connectivity index (χ4v) is 3.18. The number of carbonyl (C=O) groups is 1. The molecule has 0 aromatic heterocycles. The Bertz CT molecular complexity index is 479. The maximum Gasteiger partial charge on any atom is 0.257 e. The molecule has 1 aliphatic carbocycles. The molecule has 0 aliphatic heterocycles. The van der Waals surface area contributed by atoms with Crippen LogP contribution < -0.4 is 5.73 Å². The highest BCUT2D eigenvalue weighted by Gasteiger charge is 2.32. The Morgan fingerprint density at radius 1 is 1.53 bits per heavy atom. The molecule has 4 nitrogen and oxygen atoms in total. The van der Waals surface area contributed by atoms with Gasteiger partial charge in [0.05, 0.1) is 5.56 Å². The van der Waals surface area contributed by atoms with Gasteiger partial charge in [0, 0.05) is 17.6 Å². The van der Waals surface area contributed by atoms with E-state index in [-0.39, 0.29) is 17.7 Å². The van der Waals surface area contributed by atoms with Crippen LogP contribution in [-0.2, 0) is 0 Å². The molecule has 1 amide bonds. The molecule has 0 bridgehead atoms. The highest BCUT2D eigenvalue weighted by molar-refractivity contribution is 9.10. The number of nitrogens with two attached hydrogens (primary N) is 1. The Kier molecular flexibility index (Phi) is 4.47. The maximum atomic E-state index is 12.4. The molecule has 0 heterocycles. The number of halogens is 1. The minimum atomic E-state index is -0.143. The smallest absolute Gasteiger partial charge is 0.257 e. The third-order valence-electron chi connectivity index (χ3n) is 3.93. The number of aromatic hydroxyl groups is 1. The van der Waals surface area contributed by atoms with Crippen molar-refractivity contribution in [2.24, 2.45) is 11.7 Å². The van der Waals surface area contributed by atoms with Crippen molar-refractivity contribution in [1.82, 2.24) is 4.90 Å². The quantitative estimate of drug-likeness (QED) is 0.896. The van der Waals surface area contributed by atoms with E-state index < -0.39 is 0 Å². The van der Waals surface area contributed by atoms with Crippen molar-refractivity contribution >= 4 is 21.8 Å². The summed E-state index contributed by atoms with van der Waals surface area (Å²) in [4.78, 5) is 14.2. The number of hydrogen-bond acceptors (Lipinski definition) is 3. The number of rotatable bonds is 3. The molecular weight excluding hydrogens is 308 g/mol. The minimum absolute atomic E-state index is 0.00789. The molecule has 0 spiro atoms. The summed E-state index contributed by atoms with van der Waals surface area (Å²) in [6.07, 6.45) is 3.17. The minimum Gasteiger partial charge on any atom is -0.507 e. The summed E-state index contributed by atoms with van der Waals surface area (Å²) in [6, 6.07) is 5.12. The highest BCUT2D eigenvalue weighted by Crippen LogP contribution is 2.31. The van der Waals surface area contributed by atoms with Gasteiger partial charge in [0.25, 0.3) is 5.91 Å². The largest absolute Gasteiger partial charge is 0.507 e. The third kappa shape index (κ3) is 2.92. The van der Waals surface area contributed by atoms with Gasteiger partial charge in [-0.3, -0.25) is 4.79 Å². The number of phenols is 1. The second kappa shape index (κ2) is 5.92. The van der Waals surface area contributed by atoms with E-state index >= 15 is 0 Å². The van der Waals surface area contributed by atoms with Crippen LogP contribution in [0.1, 0.15) is 29.6 Å². The van der Waals surface area contributed by atoms with Gasteiger partial charge in [0.1, 0.15) is 5.75 Å². The van der Waals surface area contributed by atoms with Gasteiger partial charge in [-0.25, -0.2) is 0 Å². The average Bonchev–Trinajstić information content (AvgIpc) is 2.85. The van der Waals surface area contributed by atoms with Crippen LogP contribution in [0.15, 0.2) is 22.7 Å². The zero-order chi connectivity index (χ0) is 14.0. The predicted molar refractivity (Wildman–Crippen MR) is 78.1 cm³/mol. The molecule has 2 rings (SSSR count). The van der Waals surface area contributed by atoms with E-state index in [0.717, 1.165) is 23.7 Å². The molecule has 1 aromatic carbocycles. The zero-order valence-electron chi connectivity index (χ0n) is 11.0. The van der Waals surface area contributed by atoms with Crippen LogP contribution in [0, 0.1) is 5.92 Å². The molecule has 2 atom stereocenters. The summed E-state index contributed by atoms with van der Waals surface area (Å²) in [5.74, 6) is 0.232. The number of hydrogen-bond donors (Lipinski definition) is 2. The van der Waals surface area contributed by atoms with Crippen molar-refractivity contribution in [2.45, 2.75) is 25.3 Å². The van der Waals surface area contributed by atoms with Crippen LogP contribution in [-0.4, -0.2) is 35.5 Å². The number of carbonyl (C=O) groups excluding carboxylic acids is 1. The molecule has 3 N–H and O–H groups in total. The molecule has 1 aliphatic rings. The Hall–Kier alpha value is -1.07. The SMILES string of the molecule is CN(C(=O)c1ccc(Br)cc1O)C1CCCC1CN. The van der Waals surface area contributed by atoms with Gasteiger partial charge in [-0.05, 0) is 43.5 Å². The number of phenolic OH excluding ortho intramolecular Hbond substituents is 1. The normalized spacial score (nSPS) is 22.5. The number of amides is 1. The van der Waals surface area contributed by atoms with Crippen molar-refractivity contribution in [3.63, 3.8) is 0 Å². The van der Waals surface area contributed by atoms with Crippen LogP contribution in [0.25, 0.3) is 0 Å². The van der Waals surface area contributed by atoms with Gasteiger partial charge in [-0.15, -0.1) is 0 Å². The molecule has 0 radical (unpaired) electrons. The number of nitrogens with zero attached hydrogens (tertiary/aromatic N) is 1. The molecule has 104 valence electrons. The van der Waals surface area contributed by atoms with Crippen LogP contribution in [0.2, 0.25) is 0 Å². The highest BCUT2D eigenvalue weighted by atomic mass is 79.9. The van der Waals surface area contributed by atoms with Crippen LogP contribution in [0.5, 0.6) is 5.75 Å². The molecule has 2 unspecified atom stereocenters. The topological polar surface area (TPSA) is 66.6 Å². The first kappa shape index (κ1) is 14.3. The first-order chi connectivity index (χ1) is 9.04. The second-order valence-corrected chi connectivity index (χ2v) is 5.99. The molecule has 1 aromatic rings. The van der Waals surface area contributed by atoms with Crippen molar-refractivity contribution in [2.75, 3.05) is 13.6 Å². The van der Waals surface area contributed by atoms with E-state index in [9.17, 15) is 9.90 Å². The monoisotopic (exact) mass is 326 g/mol. The Balaban J connectivity index is 2.19. The number of benzene rings is 1. The third-order valence-corrected chi connectivity index (χ3v) is 4.42. The lowest BCUT2D eigenvalue weighted by atomic mass is 10.0. The summed E-state index contributed by atoms with van der Waals surface area (Å²) < 4.78 is 0.755. The van der Waals surface area contributed by atoms with E-state index in [0.29, 0.717) is 18.0 Å². The summed E-state index contributed by atoms with van der Waals surface area (Å²) in [5.41, 5.74) is 6.10. The maximum absolute atomic E-state index is 12.4. The van der Waals surface area contributed by atoms with E-state index in [1.54, 1.807) is 24.1 Å². The first-order valence-electron chi connectivity index (χ1n) is 6.50. The fraction of sp³-hybridized carbons (Fsp3) is 0.500. The van der Waals surface area contributed by atoms with Crippen LogP contribution in [0.3, 0.4) is 0 Å². The van der Waals surface area contributed by atoms with Crippen LogP contribution >= 0.6 is 15.9 Å². The summed E-state index contributed by atoms with van der Waals surface area (Å²) in [6.45, 7) is 0.606. The lowest BCUT2D eigenvalue weighted by Gasteiger charge is -2.29. The summed E-state index contributed by atoms with van der Waals surface area (Å²) >= 11 is 3.27. The van der Waals surface area contributed by atoms with Crippen molar-refractivity contribution in [3.8, 4) is 5.75 Å². The molecule has 0 saturated heterocycles. The van der Waals surface area contributed by atoms with Crippen molar-refractivity contribution < 1.29 is 9.90 Å². The molecule has 19 heavy (non-hydrogen) atoms. The Morgan fingerprint density at radius 2 is 2.26 bits per heavy atom. The van der Waals surface area contributed by atoms with E-state index in [1.807, 2.05) is 0 Å². The van der Waals surface area contributed by atoms with Gasteiger partial charge in [0.2, 0.25) is 0 Å². The van der Waals surface area contributed by atoms with Gasteiger partial charge in [0.15, 0.2) is 0 Å². The second-order valence-electron chi connectivity index (χ2n) is 5.07. The average molecular weight is 327 g/mol. The van der Waals surface area contributed by atoms with E-state index in [4.69, 9.17) is 5.73 Å². The standard InChI is InChI=1S/C14H19BrN2O2/c1-17(12-4-2-3-9(12)8-16)14(19)11-6-5-10(15)7-13(11)18/h5-7,9,12,18H,2-4,8,16H2,1H3. The predicted octanol–water partition coefficient (Wildman–Crippen LogP) is 2.35. The first-order valence-corrected chi connectivity index (χ1v) is 7.29. The Morgan fingerprint density at radius 3 is 2.89 bits per heavy atom. The van der Waals surface area contributed by atoms with E-state index in [2.05, 4.69) is 15.9 Å². The van der Waals surface area contributed by atoms with Crippen molar-refractivity contribution in [1.29, 1.82) is 0 Å². The van der Waals surface area contributed by atoms with Gasteiger partial charge in [-0.2, -0.15) is 0 Å². The lowest BCUT2D eigenvalue weighted by Crippen LogP contribution is -2.41. The van der Waals surface area contributed by atoms with Gasteiger partial charge in [-0.1, -0.05) is 22.4 Å². The van der Waals surface area contributed by atoms with Gasteiger partial charge >= 0.3 is 0 Å². The molecule has 1 saturated carbocycles. The Labute approximate surface area is 121 Å². The molecule has 5 heteroatoms.